The molecule has 0 aliphatic heterocycles. The summed E-state index contributed by atoms with van der Waals surface area (Å²) in [5.41, 5.74) is 2.19. The van der Waals surface area contributed by atoms with E-state index in [-0.39, 0.29) is 0 Å². The van der Waals surface area contributed by atoms with Gasteiger partial charge in [0.1, 0.15) is 6.33 Å². The zero-order chi connectivity index (χ0) is 8.55. The minimum Gasteiger partial charge on any atom is -0.270 e. The Hall–Kier alpha value is -1.45. The summed E-state index contributed by atoms with van der Waals surface area (Å²) in [6.07, 6.45) is 2.67. The van der Waals surface area contributed by atoms with Gasteiger partial charge in [-0.25, -0.2) is 4.98 Å². The first kappa shape index (κ1) is 7.21. The SMILES string of the molecule is CCc1cc(C)nc2nncn12. The summed E-state index contributed by atoms with van der Waals surface area (Å²) in [5.74, 6) is 0.687. The normalized spacial score (nSPS) is 10.8. The topological polar surface area (TPSA) is 43.1 Å². The van der Waals surface area contributed by atoms with Gasteiger partial charge >= 0.3 is 0 Å². The lowest BCUT2D eigenvalue weighted by molar-refractivity contribution is 0.937. The van der Waals surface area contributed by atoms with Crippen molar-refractivity contribution in [1.29, 1.82) is 0 Å². The fourth-order valence-electron chi connectivity index (χ4n) is 1.28. The van der Waals surface area contributed by atoms with Crippen molar-refractivity contribution in [3.8, 4) is 0 Å². The Bertz CT molecular complexity index is 404. The maximum atomic E-state index is 4.23. The zero-order valence-electron chi connectivity index (χ0n) is 7.15. The minimum absolute atomic E-state index is 0.687. The van der Waals surface area contributed by atoms with Crippen molar-refractivity contribution in [2.24, 2.45) is 0 Å². The second-order valence-corrected chi connectivity index (χ2v) is 2.74. The van der Waals surface area contributed by atoms with Gasteiger partial charge in [-0.05, 0) is 19.4 Å². The van der Waals surface area contributed by atoms with E-state index in [1.54, 1.807) is 6.33 Å². The Labute approximate surface area is 70.3 Å². The lowest BCUT2D eigenvalue weighted by Crippen LogP contribution is -1.98. The van der Waals surface area contributed by atoms with Gasteiger partial charge in [-0.3, -0.25) is 4.40 Å². The summed E-state index contributed by atoms with van der Waals surface area (Å²) in [6, 6.07) is 2.05. The second-order valence-electron chi connectivity index (χ2n) is 2.74. The van der Waals surface area contributed by atoms with Crippen LogP contribution in [0, 0.1) is 6.92 Å². The highest BCUT2D eigenvalue weighted by Gasteiger charge is 2.01. The van der Waals surface area contributed by atoms with Crippen LogP contribution < -0.4 is 0 Å². The smallest absolute Gasteiger partial charge is 0.255 e. The molecule has 0 unspecified atom stereocenters. The Morgan fingerprint density at radius 1 is 1.50 bits per heavy atom. The number of rotatable bonds is 1. The van der Waals surface area contributed by atoms with Crippen LogP contribution in [0.5, 0.6) is 0 Å². The van der Waals surface area contributed by atoms with Crippen molar-refractivity contribution in [1.82, 2.24) is 19.6 Å². The second kappa shape index (κ2) is 2.55. The summed E-state index contributed by atoms with van der Waals surface area (Å²) >= 11 is 0. The standard InChI is InChI=1S/C8H10N4/c1-3-7-4-6(2)10-8-11-9-5-12(7)8/h4-5H,3H2,1-2H3. The molecule has 0 radical (unpaired) electrons. The van der Waals surface area contributed by atoms with Crippen LogP contribution in [0.25, 0.3) is 5.78 Å². The molecule has 4 heteroatoms. The molecule has 2 rings (SSSR count). The summed E-state index contributed by atoms with van der Waals surface area (Å²) in [5, 5.41) is 7.69. The molecule has 0 amide bonds. The van der Waals surface area contributed by atoms with Crippen molar-refractivity contribution in [3.05, 3.63) is 23.8 Å². The molecule has 2 heterocycles. The van der Waals surface area contributed by atoms with Gasteiger partial charge in [-0.2, -0.15) is 0 Å². The average molecular weight is 162 g/mol. The van der Waals surface area contributed by atoms with Gasteiger partial charge in [0.2, 0.25) is 0 Å². The van der Waals surface area contributed by atoms with Crippen molar-refractivity contribution >= 4 is 5.78 Å². The molecule has 0 aromatic carbocycles. The Kier molecular flexibility index (Phi) is 1.53. The van der Waals surface area contributed by atoms with Crippen LogP contribution in [0.3, 0.4) is 0 Å². The van der Waals surface area contributed by atoms with E-state index in [4.69, 9.17) is 0 Å². The van der Waals surface area contributed by atoms with E-state index in [1.807, 2.05) is 11.3 Å². The maximum Gasteiger partial charge on any atom is 0.255 e. The first-order valence-corrected chi connectivity index (χ1v) is 3.97. The van der Waals surface area contributed by atoms with Gasteiger partial charge in [0.15, 0.2) is 0 Å². The van der Waals surface area contributed by atoms with Crippen LogP contribution >= 0.6 is 0 Å². The van der Waals surface area contributed by atoms with Crippen LogP contribution in [0.4, 0.5) is 0 Å². The van der Waals surface area contributed by atoms with Gasteiger partial charge in [-0.1, -0.05) is 6.92 Å². The van der Waals surface area contributed by atoms with Crippen LogP contribution in [0.2, 0.25) is 0 Å². The molecule has 0 spiro atoms. The van der Waals surface area contributed by atoms with Gasteiger partial charge in [0.05, 0.1) is 0 Å². The third-order valence-corrected chi connectivity index (χ3v) is 1.85. The molecule has 0 saturated heterocycles. The van der Waals surface area contributed by atoms with Crippen LogP contribution in [-0.2, 0) is 6.42 Å². The Morgan fingerprint density at radius 3 is 3.08 bits per heavy atom. The molecule has 0 atom stereocenters. The molecule has 2 aromatic rings. The van der Waals surface area contributed by atoms with E-state index in [2.05, 4.69) is 28.2 Å². The highest BCUT2D eigenvalue weighted by Crippen LogP contribution is 2.05. The molecule has 62 valence electrons. The fraction of sp³-hybridized carbons (Fsp3) is 0.375. The molecule has 0 aliphatic carbocycles. The van der Waals surface area contributed by atoms with Crippen LogP contribution in [0.15, 0.2) is 12.4 Å². The number of nitrogens with zero attached hydrogens (tertiary/aromatic N) is 4. The fourth-order valence-corrected chi connectivity index (χ4v) is 1.28. The van der Waals surface area contributed by atoms with Crippen LogP contribution in [0.1, 0.15) is 18.3 Å². The zero-order valence-corrected chi connectivity index (χ0v) is 7.15. The van der Waals surface area contributed by atoms with Gasteiger partial charge in [0, 0.05) is 11.4 Å². The first-order valence-electron chi connectivity index (χ1n) is 3.97. The van der Waals surface area contributed by atoms with Gasteiger partial charge in [0.25, 0.3) is 5.78 Å². The summed E-state index contributed by atoms with van der Waals surface area (Å²) in [7, 11) is 0. The van der Waals surface area contributed by atoms with Crippen molar-refractivity contribution in [3.63, 3.8) is 0 Å². The monoisotopic (exact) mass is 162 g/mol. The van der Waals surface area contributed by atoms with E-state index < -0.39 is 0 Å². The quantitative estimate of drug-likeness (QED) is 0.628. The lowest BCUT2D eigenvalue weighted by atomic mass is 10.3. The van der Waals surface area contributed by atoms with Gasteiger partial charge < -0.3 is 0 Å². The number of fused-ring (bicyclic) bond motifs is 1. The van der Waals surface area contributed by atoms with E-state index >= 15 is 0 Å². The first-order chi connectivity index (χ1) is 5.81. The number of aryl methyl sites for hydroxylation is 2. The van der Waals surface area contributed by atoms with E-state index in [1.165, 1.54) is 5.69 Å². The maximum absolute atomic E-state index is 4.23. The molecule has 0 bridgehead atoms. The molecule has 0 aliphatic rings. The summed E-state index contributed by atoms with van der Waals surface area (Å²) < 4.78 is 1.91. The van der Waals surface area contributed by atoms with E-state index in [9.17, 15) is 0 Å². The largest absolute Gasteiger partial charge is 0.270 e. The number of aromatic nitrogens is 4. The van der Waals surface area contributed by atoms with Crippen LogP contribution in [-0.4, -0.2) is 19.6 Å². The predicted octanol–water partition coefficient (Wildman–Crippen LogP) is 0.995. The summed E-state index contributed by atoms with van der Waals surface area (Å²) in [4.78, 5) is 4.23. The molecular weight excluding hydrogens is 152 g/mol. The predicted molar refractivity (Wildman–Crippen MR) is 44.9 cm³/mol. The highest BCUT2D eigenvalue weighted by atomic mass is 15.3. The number of hydrogen-bond acceptors (Lipinski definition) is 3. The molecule has 4 nitrogen and oxygen atoms in total. The summed E-state index contributed by atoms with van der Waals surface area (Å²) in [6.45, 7) is 4.07. The highest BCUT2D eigenvalue weighted by molar-refractivity contribution is 5.30. The van der Waals surface area contributed by atoms with E-state index in [0.717, 1.165) is 12.1 Å². The Morgan fingerprint density at radius 2 is 2.33 bits per heavy atom. The van der Waals surface area contributed by atoms with Crippen molar-refractivity contribution in [2.75, 3.05) is 0 Å². The lowest BCUT2D eigenvalue weighted by Gasteiger charge is -2.01. The van der Waals surface area contributed by atoms with Crippen molar-refractivity contribution < 1.29 is 0 Å². The average Bonchev–Trinajstić information content (AvgIpc) is 2.50. The molecule has 0 saturated carbocycles. The van der Waals surface area contributed by atoms with Crippen molar-refractivity contribution in [2.45, 2.75) is 20.3 Å². The number of hydrogen-bond donors (Lipinski definition) is 0. The molecular formula is C8H10N4. The van der Waals surface area contributed by atoms with E-state index in [0.29, 0.717) is 5.78 Å². The molecule has 0 fully saturated rings. The minimum atomic E-state index is 0.687. The van der Waals surface area contributed by atoms with Gasteiger partial charge in [-0.15, -0.1) is 10.2 Å². The molecule has 2 aromatic heterocycles. The molecule has 0 N–H and O–H groups in total. The third-order valence-electron chi connectivity index (χ3n) is 1.85. The third kappa shape index (κ3) is 0.958. The molecule has 12 heavy (non-hydrogen) atoms. The Balaban J connectivity index is 2.80.